The fraction of sp³-hybridized carbons (Fsp3) is 0.375. The van der Waals surface area contributed by atoms with Gasteiger partial charge in [0.25, 0.3) is 0 Å². The molecule has 3 aromatic rings. The van der Waals surface area contributed by atoms with Crippen LogP contribution in [0.15, 0.2) is 33.2 Å². The number of hydrogen-bond donors (Lipinski definition) is 0. The van der Waals surface area contributed by atoms with E-state index in [0.29, 0.717) is 18.8 Å². The Hall–Kier alpha value is -2.50. The molecule has 116 valence electrons. The summed E-state index contributed by atoms with van der Waals surface area (Å²) in [6, 6.07) is 7.49. The summed E-state index contributed by atoms with van der Waals surface area (Å²) >= 11 is 0. The second-order valence-electron chi connectivity index (χ2n) is 4.93. The minimum absolute atomic E-state index is 0.287. The van der Waals surface area contributed by atoms with Crippen molar-refractivity contribution in [3.63, 3.8) is 0 Å². The number of nitrogens with zero attached hydrogens (tertiary/aromatic N) is 2. The molecule has 2 heterocycles. The normalized spacial score (nSPS) is 11.0. The van der Waals surface area contributed by atoms with E-state index in [9.17, 15) is 0 Å². The maximum atomic E-state index is 5.72. The standard InChI is InChI=1S/C16H18N2O4/c1-3-19-16-17-14-7-6-12(10-15(14)21-16)20-8-4-5-13-9-11(2)18-22-13/h6-7,9-10H,3-5,8H2,1-2H3. The van der Waals surface area contributed by atoms with Gasteiger partial charge in [0.2, 0.25) is 0 Å². The van der Waals surface area contributed by atoms with E-state index in [1.807, 2.05) is 38.1 Å². The van der Waals surface area contributed by atoms with Gasteiger partial charge in [0.05, 0.1) is 18.9 Å². The lowest BCUT2D eigenvalue weighted by Crippen LogP contribution is -1.98. The fourth-order valence-electron chi connectivity index (χ4n) is 2.13. The average molecular weight is 302 g/mol. The Morgan fingerprint density at radius 1 is 1.18 bits per heavy atom. The van der Waals surface area contributed by atoms with Gasteiger partial charge in [-0.2, -0.15) is 4.98 Å². The van der Waals surface area contributed by atoms with Crippen molar-refractivity contribution in [2.24, 2.45) is 0 Å². The average Bonchev–Trinajstić information content (AvgIpc) is 3.09. The number of oxazole rings is 1. The predicted molar refractivity (Wildman–Crippen MR) is 80.2 cm³/mol. The summed E-state index contributed by atoms with van der Waals surface area (Å²) < 4.78 is 21.6. The van der Waals surface area contributed by atoms with E-state index >= 15 is 0 Å². The number of fused-ring (bicyclic) bond motifs is 1. The summed E-state index contributed by atoms with van der Waals surface area (Å²) in [4.78, 5) is 4.22. The Morgan fingerprint density at radius 3 is 2.86 bits per heavy atom. The van der Waals surface area contributed by atoms with Crippen LogP contribution in [0.2, 0.25) is 0 Å². The first kappa shape index (κ1) is 14.4. The lowest BCUT2D eigenvalue weighted by Gasteiger charge is -2.04. The van der Waals surface area contributed by atoms with Crippen LogP contribution in [0.5, 0.6) is 11.8 Å². The molecule has 0 saturated carbocycles. The van der Waals surface area contributed by atoms with Gasteiger partial charge in [0.1, 0.15) is 17.0 Å². The van der Waals surface area contributed by atoms with E-state index in [1.54, 1.807) is 0 Å². The number of benzene rings is 1. The van der Waals surface area contributed by atoms with Crippen molar-refractivity contribution in [2.45, 2.75) is 26.7 Å². The largest absolute Gasteiger partial charge is 0.493 e. The summed E-state index contributed by atoms with van der Waals surface area (Å²) in [6.45, 7) is 4.92. The first-order chi connectivity index (χ1) is 10.7. The van der Waals surface area contributed by atoms with Crippen LogP contribution in [0, 0.1) is 6.92 Å². The SMILES string of the molecule is CCOc1nc2ccc(OCCCc3cc(C)no3)cc2o1. The first-order valence-corrected chi connectivity index (χ1v) is 7.33. The quantitative estimate of drug-likeness (QED) is 0.622. The van der Waals surface area contributed by atoms with Gasteiger partial charge >= 0.3 is 6.08 Å². The van der Waals surface area contributed by atoms with E-state index < -0.39 is 0 Å². The molecule has 3 rings (SSSR count). The summed E-state index contributed by atoms with van der Waals surface area (Å²) in [5.74, 6) is 1.63. The molecule has 0 spiro atoms. The number of aryl methyl sites for hydroxylation is 2. The van der Waals surface area contributed by atoms with E-state index in [2.05, 4.69) is 10.1 Å². The number of hydrogen-bond acceptors (Lipinski definition) is 6. The van der Waals surface area contributed by atoms with Crippen LogP contribution < -0.4 is 9.47 Å². The molecule has 0 aliphatic carbocycles. The van der Waals surface area contributed by atoms with Gasteiger partial charge in [-0.25, -0.2) is 0 Å². The number of ether oxygens (including phenoxy) is 2. The minimum Gasteiger partial charge on any atom is -0.493 e. The molecule has 2 aromatic heterocycles. The fourth-order valence-corrected chi connectivity index (χ4v) is 2.13. The summed E-state index contributed by atoms with van der Waals surface area (Å²) in [7, 11) is 0. The molecule has 0 aliphatic heterocycles. The van der Waals surface area contributed by atoms with Crippen LogP contribution in [-0.4, -0.2) is 23.4 Å². The van der Waals surface area contributed by atoms with Gasteiger partial charge in [-0.05, 0) is 32.4 Å². The molecule has 0 atom stereocenters. The van der Waals surface area contributed by atoms with E-state index in [4.69, 9.17) is 18.4 Å². The minimum atomic E-state index is 0.287. The van der Waals surface area contributed by atoms with Gasteiger partial charge in [0, 0.05) is 18.6 Å². The van der Waals surface area contributed by atoms with Gasteiger partial charge < -0.3 is 18.4 Å². The molecule has 0 radical (unpaired) electrons. The van der Waals surface area contributed by atoms with Crippen LogP contribution in [0.1, 0.15) is 24.8 Å². The number of rotatable bonds is 7. The lowest BCUT2D eigenvalue weighted by atomic mass is 10.2. The second-order valence-corrected chi connectivity index (χ2v) is 4.93. The molecule has 0 amide bonds. The smallest absolute Gasteiger partial charge is 0.394 e. The molecule has 0 unspecified atom stereocenters. The van der Waals surface area contributed by atoms with E-state index in [0.717, 1.165) is 35.6 Å². The third kappa shape index (κ3) is 3.39. The molecule has 0 fully saturated rings. The topological polar surface area (TPSA) is 70.5 Å². The Balaban J connectivity index is 1.54. The molecule has 0 bridgehead atoms. The Morgan fingerprint density at radius 2 is 2.09 bits per heavy atom. The zero-order valence-electron chi connectivity index (χ0n) is 12.7. The van der Waals surface area contributed by atoms with Crippen LogP contribution in [0.25, 0.3) is 11.1 Å². The van der Waals surface area contributed by atoms with Crippen molar-refractivity contribution < 1.29 is 18.4 Å². The van der Waals surface area contributed by atoms with Crippen molar-refractivity contribution >= 4 is 11.1 Å². The van der Waals surface area contributed by atoms with Crippen LogP contribution in [0.4, 0.5) is 0 Å². The van der Waals surface area contributed by atoms with Crippen LogP contribution in [0.3, 0.4) is 0 Å². The summed E-state index contributed by atoms with van der Waals surface area (Å²) in [5, 5.41) is 3.86. The highest BCUT2D eigenvalue weighted by molar-refractivity contribution is 5.74. The molecule has 1 aromatic carbocycles. The van der Waals surface area contributed by atoms with E-state index in [1.165, 1.54) is 0 Å². The lowest BCUT2D eigenvalue weighted by molar-refractivity contribution is 0.251. The molecular weight excluding hydrogens is 284 g/mol. The van der Waals surface area contributed by atoms with Gasteiger partial charge in [-0.15, -0.1) is 0 Å². The zero-order valence-corrected chi connectivity index (χ0v) is 12.7. The molecule has 0 aliphatic rings. The van der Waals surface area contributed by atoms with Crippen molar-refractivity contribution in [2.75, 3.05) is 13.2 Å². The van der Waals surface area contributed by atoms with Gasteiger partial charge in [0.15, 0.2) is 5.58 Å². The van der Waals surface area contributed by atoms with Crippen molar-refractivity contribution in [1.82, 2.24) is 10.1 Å². The van der Waals surface area contributed by atoms with Crippen molar-refractivity contribution in [3.05, 3.63) is 35.7 Å². The second kappa shape index (κ2) is 6.51. The Kier molecular flexibility index (Phi) is 4.27. The van der Waals surface area contributed by atoms with Crippen LogP contribution >= 0.6 is 0 Å². The third-order valence-corrected chi connectivity index (χ3v) is 3.12. The van der Waals surface area contributed by atoms with Gasteiger partial charge in [-0.1, -0.05) is 5.16 Å². The van der Waals surface area contributed by atoms with Crippen molar-refractivity contribution in [1.29, 1.82) is 0 Å². The highest BCUT2D eigenvalue weighted by Gasteiger charge is 2.07. The highest BCUT2D eigenvalue weighted by Crippen LogP contribution is 2.25. The van der Waals surface area contributed by atoms with E-state index in [-0.39, 0.29) is 6.08 Å². The Bertz CT molecular complexity index is 748. The zero-order chi connectivity index (χ0) is 15.4. The molecule has 0 N–H and O–H groups in total. The molecular formula is C16H18N2O4. The van der Waals surface area contributed by atoms with Crippen molar-refractivity contribution in [3.8, 4) is 11.8 Å². The maximum absolute atomic E-state index is 5.72. The predicted octanol–water partition coefficient (Wildman–Crippen LogP) is 3.53. The first-order valence-electron chi connectivity index (χ1n) is 7.33. The summed E-state index contributed by atoms with van der Waals surface area (Å²) in [6.07, 6.45) is 1.95. The maximum Gasteiger partial charge on any atom is 0.394 e. The van der Waals surface area contributed by atoms with Gasteiger partial charge in [-0.3, -0.25) is 0 Å². The third-order valence-electron chi connectivity index (χ3n) is 3.12. The van der Waals surface area contributed by atoms with Crippen LogP contribution in [-0.2, 0) is 6.42 Å². The Labute approximate surface area is 128 Å². The summed E-state index contributed by atoms with van der Waals surface area (Å²) in [5.41, 5.74) is 2.32. The molecule has 0 saturated heterocycles. The molecule has 22 heavy (non-hydrogen) atoms. The molecule has 6 heteroatoms. The highest BCUT2D eigenvalue weighted by atomic mass is 16.6. The molecule has 6 nitrogen and oxygen atoms in total. The monoisotopic (exact) mass is 302 g/mol. The number of aromatic nitrogens is 2.